The van der Waals surface area contributed by atoms with Gasteiger partial charge in [0, 0.05) is 41.8 Å². The summed E-state index contributed by atoms with van der Waals surface area (Å²) in [6, 6.07) is 10.0. The van der Waals surface area contributed by atoms with Gasteiger partial charge in [0.2, 0.25) is 0 Å². The van der Waals surface area contributed by atoms with Crippen molar-refractivity contribution < 1.29 is 4.79 Å². The van der Waals surface area contributed by atoms with E-state index in [1.807, 2.05) is 24.4 Å². The average molecular weight is 295 g/mol. The Bertz CT molecular complexity index is 677. The van der Waals surface area contributed by atoms with Gasteiger partial charge in [0.1, 0.15) is 0 Å². The van der Waals surface area contributed by atoms with Crippen molar-refractivity contribution in [2.75, 3.05) is 5.32 Å². The molecule has 1 aromatic heterocycles. The smallest absolute Gasteiger partial charge is 0.251 e. The van der Waals surface area contributed by atoms with E-state index >= 15 is 0 Å². The van der Waals surface area contributed by atoms with Gasteiger partial charge in [0.05, 0.1) is 0 Å². The Morgan fingerprint density at radius 2 is 2.14 bits per heavy atom. The van der Waals surface area contributed by atoms with Gasteiger partial charge in [-0.05, 0) is 36.1 Å². The van der Waals surface area contributed by atoms with Crippen LogP contribution in [-0.2, 0) is 19.5 Å². The fraction of sp³-hybridized carbons (Fsp3) is 0.333. The van der Waals surface area contributed by atoms with Crippen LogP contribution >= 0.6 is 0 Å². The molecule has 0 aliphatic carbocycles. The molecule has 0 fully saturated rings. The number of hydrogen-bond acceptors (Lipinski definition) is 3. The minimum Gasteiger partial charge on any atom is -0.381 e. The summed E-state index contributed by atoms with van der Waals surface area (Å²) in [6.45, 7) is 5.70. The van der Waals surface area contributed by atoms with Crippen molar-refractivity contribution in [3.8, 4) is 0 Å². The minimum absolute atomic E-state index is 0.0124. The Morgan fingerprint density at radius 3 is 2.86 bits per heavy atom. The molecular formula is C18H21N3O. The Labute approximate surface area is 131 Å². The van der Waals surface area contributed by atoms with Gasteiger partial charge in [0.15, 0.2) is 0 Å². The molecule has 3 rings (SSSR count). The first-order valence-corrected chi connectivity index (χ1v) is 7.71. The van der Waals surface area contributed by atoms with Crippen molar-refractivity contribution in [3.63, 3.8) is 0 Å². The molecule has 22 heavy (non-hydrogen) atoms. The largest absolute Gasteiger partial charge is 0.381 e. The lowest BCUT2D eigenvalue weighted by atomic mass is 10.1. The zero-order valence-corrected chi connectivity index (χ0v) is 13.0. The van der Waals surface area contributed by atoms with Crippen LogP contribution in [0.5, 0.6) is 0 Å². The summed E-state index contributed by atoms with van der Waals surface area (Å²) in [6.07, 6.45) is 2.94. The summed E-state index contributed by atoms with van der Waals surface area (Å²) in [7, 11) is 0. The molecule has 1 aromatic carbocycles. The highest BCUT2D eigenvalue weighted by Gasteiger charge is 2.20. The van der Waals surface area contributed by atoms with Gasteiger partial charge in [-0.1, -0.05) is 26.0 Å². The number of hydrogen-bond donors (Lipinski definition) is 2. The maximum absolute atomic E-state index is 11.7. The summed E-state index contributed by atoms with van der Waals surface area (Å²) >= 11 is 0. The zero-order valence-electron chi connectivity index (χ0n) is 13.0. The number of carbonyl (C=O) groups excluding carboxylic acids is 1. The number of carbonyl (C=O) groups is 1. The van der Waals surface area contributed by atoms with Crippen molar-refractivity contribution in [1.82, 2.24) is 10.3 Å². The summed E-state index contributed by atoms with van der Waals surface area (Å²) in [4.78, 5) is 16.2. The highest BCUT2D eigenvalue weighted by Crippen LogP contribution is 2.24. The van der Waals surface area contributed by atoms with E-state index in [9.17, 15) is 4.79 Å². The predicted molar refractivity (Wildman–Crippen MR) is 87.7 cm³/mol. The second-order valence-corrected chi connectivity index (χ2v) is 6.12. The van der Waals surface area contributed by atoms with Crippen molar-refractivity contribution in [2.24, 2.45) is 5.92 Å². The SMILES string of the molecule is CC(C)Cc1ccc(CNc2cccc3c2CNC3=O)cn1. The van der Waals surface area contributed by atoms with Crippen LogP contribution in [-0.4, -0.2) is 10.9 Å². The molecule has 0 unspecified atom stereocenters. The molecule has 4 heteroatoms. The van der Waals surface area contributed by atoms with Crippen LogP contribution in [0.15, 0.2) is 36.5 Å². The summed E-state index contributed by atoms with van der Waals surface area (Å²) < 4.78 is 0. The third-order valence-electron chi connectivity index (χ3n) is 3.83. The van der Waals surface area contributed by atoms with Crippen LogP contribution in [0.2, 0.25) is 0 Å². The number of nitrogens with one attached hydrogen (secondary N) is 2. The maximum Gasteiger partial charge on any atom is 0.251 e. The molecule has 0 radical (unpaired) electrons. The fourth-order valence-electron chi connectivity index (χ4n) is 2.72. The van der Waals surface area contributed by atoms with Crippen molar-refractivity contribution in [3.05, 3.63) is 58.9 Å². The van der Waals surface area contributed by atoms with Crippen molar-refractivity contribution >= 4 is 11.6 Å². The van der Waals surface area contributed by atoms with Crippen LogP contribution in [0.3, 0.4) is 0 Å². The second-order valence-electron chi connectivity index (χ2n) is 6.12. The van der Waals surface area contributed by atoms with Gasteiger partial charge >= 0.3 is 0 Å². The maximum atomic E-state index is 11.7. The summed E-state index contributed by atoms with van der Waals surface area (Å²) in [5.41, 5.74) is 5.12. The number of benzene rings is 1. The lowest BCUT2D eigenvalue weighted by molar-refractivity contribution is 0.0966. The van der Waals surface area contributed by atoms with Gasteiger partial charge in [-0.15, -0.1) is 0 Å². The molecule has 0 atom stereocenters. The number of rotatable bonds is 5. The number of anilines is 1. The topological polar surface area (TPSA) is 54.0 Å². The van der Waals surface area contributed by atoms with E-state index in [4.69, 9.17) is 0 Å². The third-order valence-corrected chi connectivity index (χ3v) is 3.83. The molecule has 0 saturated heterocycles. The summed E-state index contributed by atoms with van der Waals surface area (Å²) in [5, 5.41) is 6.27. The Kier molecular flexibility index (Phi) is 4.09. The van der Waals surface area contributed by atoms with Gasteiger partial charge in [-0.3, -0.25) is 9.78 Å². The van der Waals surface area contributed by atoms with E-state index in [0.717, 1.165) is 34.5 Å². The molecule has 0 bridgehead atoms. The molecule has 2 heterocycles. The molecule has 1 aliphatic rings. The number of pyridine rings is 1. The van der Waals surface area contributed by atoms with Gasteiger partial charge in [-0.2, -0.15) is 0 Å². The second kappa shape index (κ2) is 6.18. The first-order valence-electron chi connectivity index (χ1n) is 7.71. The summed E-state index contributed by atoms with van der Waals surface area (Å²) in [5.74, 6) is 0.631. The van der Waals surface area contributed by atoms with Gasteiger partial charge in [-0.25, -0.2) is 0 Å². The van der Waals surface area contributed by atoms with Gasteiger partial charge in [0.25, 0.3) is 5.91 Å². The first-order chi connectivity index (χ1) is 10.6. The van der Waals surface area contributed by atoms with Crippen LogP contribution in [0.1, 0.15) is 41.0 Å². The predicted octanol–water partition coefficient (Wildman–Crippen LogP) is 3.14. The van der Waals surface area contributed by atoms with Crippen molar-refractivity contribution in [1.29, 1.82) is 0 Å². The molecule has 1 amide bonds. The highest BCUT2D eigenvalue weighted by atomic mass is 16.1. The van der Waals surface area contributed by atoms with Crippen molar-refractivity contribution in [2.45, 2.75) is 33.4 Å². The fourth-order valence-corrected chi connectivity index (χ4v) is 2.72. The normalized spacial score (nSPS) is 13.1. The van der Waals surface area contributed by atoms with Crippen LogP contribution in [0, 0.1) is 5.92 Å². The quantitative estimate of drug-likeness (QED) is 0.891. The number of fused-ring (bicyclic) bond motifs is 1. The van der Waals surface area contributed by atoms with E-state index in [1.165, 1.54) is 0 Å². The Hall–Kier alpha value is -2.36. The van der Waals surface area contributed by atoms with E-state index in [-0.39, 0.29) is 5.91 Å². The molecule has 4 nitrogen and oxygen atoms in total. The number of aromatic nitrogens is 1. The molecule has 2 N–H and O–H groups in total. The van der Waals surface area contributed by atoms with E-state index in [0.29, 0.717) is 19.0 Å². The van der Waals surface area contributed by atoms with Gasteiger partial charge < -0.3 is 10.6 Å². The standard InChI is InChI=1S/C18H21N3O/c1-12(2)8-14-7-6-13(9-19-14)10-20-17-5-3-4-15-16(17)11-21-18(15)22/h3-7,9,12,20H,8,10-11H2,1-2H3,(H,21,22). The molecule has 114 valence electrons. The highest BCUT2D eigenvalue weighted by molar-refractivity contribution is 5.99. The minimum atomic E-state index is 0.0124. The zero-order chi connectivity index (χ0) is 15.5. The Morgan fingerprint density at radius 1 is 1.27 bits per heavy atom. The van der Waals surface area contributed by atoms with E-state index < -0.39 is 0 Å². The van der Waals surface area contributed by atoms with E-state index in [1.54, 1.807) is 0 Å². The molecule has 0 spiro atoms. The number of nitrogens with zero attached hydrogens (tertiary/aromatic N) is 1. The third kappa shape index (κ3) is 3.11. The number of amides is 1. The molecular weight excluding hydrogens is 274 g/mol. The lowest BCUT2D eigenvalue weighted by Crippen LogP contribution is -2.12. The van der Waals surface area contributed by atoms with E-state index in [2.05, 4.69) is 41.6 Å². The molecule has 1 aliphatic heterocycles. The first kappa shape index (κ1) is 14.6. The van der Waals surface area contributed by atoms with Crippen LogP contribution in [0.25, 0.3) is 0 Å². The van der Waals surface area contributed by atoms with Crippen LogP contribution < -0.4 is 10.6 Å². The molecule has 0 saturated carbocycles. The Balaban J connectivity index is 1.67. The monoisotopic (exact) mass is 295 g/mol. The molecule has 2 aromatic rings. The average Bonchev–Trinajstić information content (AvgIpc) is 2.88. The lowest BCUT2D eigenvalue weighted by Gasteiger charge is -2.11. The van der Waals surface area contributed by atoms with Crippen LogP contribution in [0.4, 0.5) is 5.69 Å².